The van der Waals surface area contributed by atoms with Crippen molar-refractivity contribution < 1.29 is 14.7 Å². The van der Waals surface area contributed by atoms with Gasteiger partial charge < -0.3 is 10.4 Å². The van der Waals surface area contributed by atoms with Gasteiger partial charge in [0.1, 0.15) is 11.4 Å². The number of allylic oxidation sites excluding steroid dienone is 12. The molecule has 5 heteroatoms. The summed E-state index contributed by atoms with van der Waals surface area (Å²) < 4.78 is 0. The van der Waals surface area contributed by atoms with Gasteiger partial charge in [0, 0.05) is 12.6 Å². The van der Waals surface area contributed by atoms with Crippen LogP contribution >= 0.6 is 0 Å². The zero-order chi connectivity index (χ0) is 24.0. The second-order valence-corrected chi connectivity index (χ2v) is 7.21. The maximum atomic E-state index is 12.0. The predicted molar refractivity (Wildman–Crippen MR) is 137 cm³/mol. The summed E-state index contributed by atoms with van der Waals surface area (Å²) in [5, 5.41) is 11.7. The van der Waals surface area contributed by atoms with Crippen molar-refractivity contribution in [2.75, 3.05) is 5.32 Å². The summed E-state index contributed by atoms with van der Waals surface area (Å²) in [6.45, 7) is 2.14. The molecule has 0 unspecified atom stereocenters. The number of aromatic carboxylic acids is 1. The number of aromatic nitrogens is 1. The van der Waals surface area contributed by atoms with Crippen LogP contribution in [-0.4, -0.2) is 22.0 Å². The van der Waals surface area contributed by atoms with E-state index < -0.39 is 5.97 Å². The second kappa shape index (κ2) is 19.2. The maximum absolute atomic E-state index is 12.0. The molecule has 0 radical (unpaired) electrons. The Kier molecular flexibility index (Phi) is 16.1. The van der Waals surface area contributed by atoms with Gasteiger partial charge in [0.15, 0.2) is 0 Å². The van der Waals surface area contributed by atoms with Gasteiger partial charge in [0.25, 0.3) is 0 Å². The van der Waals surface area contributed by atoms with Crippen LogP contribution in [0.25, 0.3) is 0 Å². The summed E-state index contributed by atoms with van der Waals surface area (Å²) in [5.74, 6) is -1.29. The van der Waals surface area contributed by atoms with E-state index in [2.05, 4.69) is 78.0 Å². The largest absolute Gasteiger partial charge is 0.478 e. The van der Waals surface area contributed by atoms with Crippen LogP contribution in [0.15, 0.2) is 91.2 Å². The van der Waals surface area contributed by atoms with Gasteiger partial charge in [-0.25, -0.2) is 9.78 Å². The summed E-state index contributed by atoms with van der Waals surface area (Å²) in [5.41, 5.74) is -0.0141. The Hall–Kier alpha value is -3.47. The second-order valence-electron chi connectivity index (χ2n) is 7.21. The van der Waals surface area contributed by atoms with E-state index in [1.54, 1.807) is 0 Å². The molecular formula is C28H36N2O3. The standard InChI is InChI=1S/C28H36N2O3/c1-2-3-4-5-6-7-8-9-10-11-12-13-14-15-16-17-18-19-20-23-26(31)30-27-25(28(32)33)22-21-24-29-27/h3-4,6-7,9-10,12-13,15-16,18-19,21-22,24H,2,5,8,11,14,17,20,23H2,1H3,(H,32,33)(H,29,30,31)/b4-3+,7-6+,10-9+,13-12+,16-15+,19-18+. The number of carboxylic acid groups (broad SMARTS) is 1. The van der Waals surface area contributed by atoms with E-state index in [0.29, 0.717) is 6.42 Å². The van der Waals surface area contributed by atoms with Crippen molar-refractivity contribution >= 4 is 17.7 Å². The van der Waals surface area contributed by atoms with Crippen LogP contribution in [0, 0.1) is 0 Å². The van der Waals surface area contributed by atoms with Crippen molar-refractivity contribution in [3.8, 4) is 0 Å². The molecular weight excluding hydrogens is 412 g/mol. The number of nitrogens with zero attached hydrogens (tertiary/aromatic N) is 1. The lowest BCUT2D eigenvalue weighted by Gasteiger charge is -2.06. The monoisotopic (exact) mass is 448 g/mol. The van der Waals surface area contributed by atoms with Crippen molar-refractivity contribution in [2.24, 2.45) is 0 Å². The lowest BCUT2D eigenvalue weighted by Crippen LogP contribution is -2.15. The number of carboxylic acids is 1. The normalized spacial score (nSPS) is 12.4. The van der Waals surface area contributed by atoms with E-state index >= 15 is 0 Å². The van der Waals surface area contributed by atoms with E-state index in [1.165, 1.54) is 18.3 Å². The molecule has 1 heterocycles. The fourth-order valence-electron chi connectivity index (χ4n) is 2.73. The number of hydrogen-bond donors (Lipinski definition) is 2. The predicted octanol–water partition coefficient (Wildman–Crippen LogP) is 7.20. The minimum Gasteiger partial charge on any atom is -0.478 e. The molecule has 0 saturated carbocycles. The number of carbonyl (C=O) groups excluding carboxylic acids is 1. The first-order valence-electron chi connectivity index (χ1n) is 11.5. The summed E-state index contributed by atoms with van der Waals surface area (Å²) in [6, 6.07) is 2.94. The van der Waals surface area contributed by atoms with Crippen LogP contribution in [0.4, 0.5) is 5.82 Å². The fraction of sp³-hybridized carbons (Fsp3) is 0.321. The molecule has 0 saturated heterocycles. The van der Waals surface area contributed by atoms with Crippen LogP contribution in [-0.2, 0) is 4.79 Å². The number of carbonyl (C=O) groups is 2. The van der Waals surface area contributed by atoms with E-state index in [4.69, 9.17) is 5.11 Å². The summed E-state index contributed by atoms with van der Waals surface area (Å²) in [7, 11) is 0. The molecule has 5 nitrogen and oxygen atoms in total. The van der Waals surface area contributed by atoms with Gasteiger partial charge in [0.05, 0.1) is 0 Å². The molecule has 1 rings (SSSR count). The SMILES string of the molecule is CC/C=C/C/C=C/C/C=C/C/C=C/C/C=C/C/C=C/CCC(=O)Nc1ncccc1C(=O)O. The van der Waals surface area contributed by atoms with E-state index in [-0.39, 0.29) is 23.7 Å². The first-order chi connectivity index (χ1) is 16.1. The fourth-order valence-corrected chi connectivity index (χ4v) is 2.73. The molecule has 33 heavy (non-hydrogen) atoms. The van der Waals surface area contributed by atoms with Gasteiger partial charge in [0.2, 0.25) is 5.91 Å². The van der Waals surface area contributed by atoms with Gasteiger partial charge in [-0.3, -0.25) is 4.79 Å². The van der Waals surface area contributed by atoms with Gasteiger partial charge in [-0.15, -0.1) is 0 Å². The zero-order valence-electron chi connectivity index (χ0n) is 19.5. The Balaban J connectivity index is 2.09. The lowest BCUT2D eigenvalue weighted by atomic mass is 10.2. The van der Waals surface area contributed by atoms with Crippen LogP contribution in [0.3, 0.4) is 0 Å². The number of amides is 1. The molecule has 0 aliphatic rings. The van der Waals surface area contributed by atoms with Gasteiger partial charge >= 0.3 is 5.97 Å². The first kappa shape index (κ1) is 27.6. The Bertz CT molecular complexity index is 877. The first-order valence-corrected chi connectivity index (χ1v) is 11.5. The summed E-state index contributed by atoms with van der Waals surface area (Å²) in [4.78, 5) is 27.0. The quantitative estimate of drug-likeness (QED) is 0.262. The molecule has 0 bridgehead atoms. The van der Waals surface area contributed by atoms with Crippen LogP contribution in [0.2, 0.25) is 0 Å². The average molecular weight is 449 g/mol. The number of nitrogens with one attached hydrogen (secondary N) is 1. The number of pyridine rings is 1. The third kappa shape index (κ3) is 15.0. The molecule has 176 valence electrons. The van der Waals surface area contributed by atoms with Crippen molar-refractivity contribution in [3.63, 3.8) is 0 Å². The highest BCUT2D eigenvalue weighted by Crippen LogP contribution is 2.12. The number of anilines is 1. The third-order valence-corrected chi connectivity index (χ3v) is 4.43. The molecule has 0 spiro atoms. The molecule has 0 fully saturated rings. The molecule has 1 amide bonds. The number of rotatable bonds is 16. The van der Waals surface area contributed by atoms with E-state index in [1.807, 2.05) is 12.2 Å². The van der Waals surface area contributed by atoms with Crippen LogP contribution < -0.4 is 5.32 Å². The molecule has 1 aromatic rings. The van der Waals surface area contributed by atoms with Gasteiger partial charge in [-0.2, -0.15) is 0 Å². The minimum atomic E-state index is -1.12. The van der Waals surface area contributed by atoms with Crippen LogP contribution in [0.1, 0.15) is 68.6 Å². The molecule has 1 aromatic heterocycles. The molecule has 0 aromatic carbocycles. The van der Waals surface area contributed by atoms with E-state index in [9.17, 15) is 9.59 Å². The highest BCUT2D eigenvalue weighted by atomic mass is 16.4. The Morgan fingerprint density at radius 2 is 1.30 bits per heavy atom. The van der Waals surface area contributed by atoms with Crippen molar-refractivity contribution in [1.82, 2.24) is 4.98 Å². The topological polar surface area (TPSA) is 79.3 Å². The average Bonchev–Trinajstić information content (AvgIpc) is 2.80. The molecule has 0 aliphatic heterocycles. The Labute approximate surface area is 198 Å². The molecule has 0 aliphatic carbocycles. The van der Waals surface area contributed by atoms with Crippen molar-refractivity contribution in [3.05, 3.63) is 96.8 Å². The Morgan fingerprint density at radius 1 is 0.818 bits per heavy atom. The molecule has 0 atom stereocenters. The highest BCUT2D eigenvalue weighted by molar-refractivity contribution is 5.99. The number of hydrogen-bond acceptors (Lipinski definition) is 3. The van der Waals surface area contributed by atoms with Gasteiger partial charge in [-0.05, 0) is 57.1 Å². The summed E-state index contributed by atoms with van der Waals surface area (Å²) >= 11 is 0. The van der Waals surface area contributed by atoms with E-state index in [0.717, 1.165) is 38.5 Å². The molecule has 2 N–H and O–H groups in total. The Morgan fingerprint density at radius 3 is 1.79 bits per heavy atom. The summed E-state index contributed by atoms with van der Waals surface area (Å²) in [6.07, 6.45) is 33.7. The van der Waals surface area contributed by atoms with Crippen molar-refractivity contribution in [2.45, 2.75) is 58.3 Å². The zero-order valence-corrected chi connectivity index (χ0v) is 19.5. The lowest BCUT2D eigenvalue weighted by molar-refractivity contribution is -0.116. The highest BCUT2D eigenvalue weighted by Gasteiger charge is 2.12. The van der Waals surface area contributed by atoms with Gasteiger partial charge in [-0.1, -0.05) is 79.8 Å². The minimum absolute atomic E-state index is 0.0141. The maximum Gasteiger partial charge on any atom is 0.339 e. The van der Waals surface area contributed by atoms with Crippen LogP contribution in [0.5, 0.6) is 0 Å². The van der Waals surface area contributed by atoms with Crippen molar-refractivity contribution in [1.29, 1.82) is 0 Å². The third-order valence-electron chi connectivity index (χ3n) is 4.43. The smallest absolute Gasteiger partial charge is 0.339 e.